The van der Waals surface area contributed by atoms with Crippen LogP contribution < -0.4 is 4.90 Å². The maximum absolute atomic E-state index is 12.6. The van der Waals surface area contributed by atoms with Crippen LogP contribution in [-0.2, 0) is 9.59 Å². The van der Waals surface area contributed by atoms with E-state index in [2.05, 4.69) is 15.9 Å². The molecule has 1 atom stereocenters. The molecule has 1 aliphatic heterocycles. The normalized spacial score (nSPS) is 18.4. The number of halogens is 1. The van der Waals surface area contributed by atoms with Gasteiger partial charge in [0.05, 0.1) is 11.6 Å². The Hall–Kier alpha value is -1.94. The van der Waals surface area contributed by atoms with Gasteiger partial charge in [-0.25, -0.2) is 4.90 Å². The number of carbonyl (C=O) groups is 2. The quantitative estimate of drug-likeness (QED) is 0.777. The summed E-state index contributed by atoms with van der Waals surface area (Å²) in [7, 11) is 0. The van der Waals surface area contributed by atoms with E-state index < -0.39 is 0 Å². The molecule has 106 valence electrons. The summed E-state index contributed by atoms with van der Waals surface area (Å²) in [6, 6.07) is 15.1. The maximum atomic E-state index is 12.6. The molecule has 2 aromatic carbocycles. The molecular formula is C17H14BrNO2. The lowest BCUT2D eigenvalue weighted by atomic mass is 9.98. The number of anilines is 1. The van der Waals surface area contributed by atoms with Crippen molar-refractivity contribution in [2.45, 2.75) is 19.3 Å². The molecule has 0 aliphatic carbocycles. The molecule has 3 nitrogen and oxygen atoms in total. The topological polar surface area (TPSA) is 37.4 Å². The number of nitrogens with zero attached hydrogens (tertiary/aromatic N) is 1. The molecule has 1 aliphatic rings. The molecule has 2 amide bonds. The number of amides is 2. The van der Waals surface area contributed by atoms with Gasteiger partial charge >= 0.3 is 0 Å². The molecule has 1 saturated heterocycles. The zero-order chi connectivity index (χ0) is 15.0. The van der Waals surface area contributed by atoms with Crippen LogP contribution in [0.5, 0.6) is 0 Å². The molecule has 3 rings (SSSR count). The van der Waals surface area contributed by atoms with Crippen LogP contribution in [0.2, 0.25) is 0 Å². The Kier molecular flexibility index (Phi) is 3.64. The number of hydrogen-bond acceptors (Lipinski definition) is 2. The molecule has 1 unspecified atom stereocenters. The molecule has 4 heteroatoms. The predicted molar refractivity (Wildman–Crippen MR) is 85.2 cm³/mol. The minimum Gasteiger partial charge on any atom is -0.274 e. The molecule has 0 radical (unpaired) electrons. The summed E-state index contributed by atoms with van der Waals surface area (Å²) < 4.78 is 0.862. The van der Waals surface area contributed by atoms with E-state index in [1.165, 1.54) is 4.90 Å². The second-order valence-electron chi connectivity index (χ2n) is 5.22. The Bertz CT molecular complexity index is 692. The minimum atomic E-state index is -0.377. The first-order valence-corrected chi connectivity index (χ1v) is 7.54. The third-order valence-corrected chi connectivity index (χ3v) is 4.09. The van der Waals surface area contributed by atoms with Gasteiger partial charge in [-0.15, -0.1) is 0 Å². The summed E-state index contributed by atoms with van der Waals surface area (Å²) in [6.07, 6.45) is 0.231. The van der Waals surface area contributed by atoms with Crippen molar-refractivity contribution in [3.63, 3.8) is 0 Å². The van der Waals surface area contributed by atoms with Gasteiger partial charge < -0.3 is 0 Å². The summed E-state index contributed by atoms with van der Waals surface area (Å²) in [4.78, 5) is 26.2. The zero-order valence-corrected chi connectivity index (χ0v) is 13.1. The van der Waals surface area contributed by atoms with E-state index in [0.717, 1.165) is 15.6 Å². The number of carbonyl (C=O) groups excluding carboxylic acids is 2. The van der Waals surface area contributed by atoms with Crippen LogP contribution in [-0.4, -0.2) is 11.8 Å². The Balaban J connectivity index is 1.98. The smallest absolute Gasteiger partial charge is 0.241 e. The van der Waals surface area contributed by atoms with E-state index in [9.17, 15) is 9.59 Å². The molecule has 21 heavy (non-hydrogen) atoms. The maximum Gasteiger partial charge on any atom is 0.241 e. The second-order valence-corrected chi connectivity index (χ2v) is 6.14. The van der Waals surface area contributed by atoms with Gasteiger partial charge in [-0.1, -0.05) is 46.3 Å². The van der Waals surface area contributed by atoms with Crippen LogP contribution in [0.15, 0.2) is 53.0 Å². The first kappa shape index (κ1) is 14.0. The summed E-state index contributed by atoms with van der Waals surface area (Å²) >= 11 is 3.41. The number of benzene rings is 2. The van der Waals surface area contributed by atoms with Gasteiger partial charge in [0.2, 0.25) is 11.8 Å². The van der Waals surface area contributed by atoms with Crippen molar-refractivity contribution >= 4 is 33.4 Å². The lowest BCUT2D eigenvalue weighted by Gasteiger charge is -2.16. The van der Waals surface area contributed by atoms with E-state index in [1.54, 1.807) is 6.07 Å². The first-order chi connectivity index (χ1) is 10.1. The van der Waals surface area contributed by atoms with Crippen molar-refractivity contribution in [3.05, 3.63) is 64.1 Å². The fourth-order valence-corrected chi connectivity index (χ4v) is 3.29. The second kappa shape index (κ2) is 5.45. The van der Waals surface area contributed by atoms with Gasteiger partial charge in [0.1, 0.15) is 0 Å². The lowest BCUT2D eigenvalue weighted by Crippen LogP contribution is -2.30. The Morgan fingerprint density at radius 3 is 2.48 bits per heavy atom. The molecule has 0 N–H and O–H groups in total. The highest BCUT2D eigenvalue weighted by atomic mass is 79.9. The zero-order valence-electron chi connectivity index (χ0n) is 11.5. The summed E-state index contributed by atoms with van der Waals surface area (Å²) in [5.41, 5.74) is 2.53. The van der Waals surface area contributed by atoms with Crippen molar-refractivity contribution in [1.82, 2.24) is 0 Å². The van der Waals surface area contributed by atoms with Gasteiger partial charge in [-0.05, 0) is 36.2 Å². The highest BCUT2D eigenvalue weighted by Gasteiger charge is 2.40. The van der Waals surface area contributed by atoms with Crippen molar-refractivity contribution in [2.24, 2.45) is 0 Å². The van der Waals surface area contributed by atoms with Crippen LogP contribution in [0.1, 0.15) is 23.5 Å². The summed E-state index contributed by atoms with van der Waals surface area (Å²) in [5, 5.41) is 0. The van der Waals surface area contributed by atoms with Crippen LogP contribution in [0.3, 0.4) is 0 Å². The Morgan fingerprint density at radius 2 is 1.81 bits per heavy atom. The lowest BCUT2D eigenvalue weighted by molar-refractivity contribution is -0.121. The summed E-state index contributed by atoms with van der Waals surface area (Å²) in [6.45, 7) is 1.94. The van der Waals surface area contributed by atoms with Gasteiger partial charge in [0.25, 0.3) is 0 Å². The van der Waals surface area contributed by atoms with Crippen LogP contribution in [0.25, 0.3) is 0 Å². The van der Waals surface area contributed by atoms with Gasteiger partial charge in [-0.2, -0.15) is 0 Å². The van der Waals surface area contributed by atoms with E-state index in [-0.39, 0.29) is 24.2 Å². The van der Waals surface area contributed by atoms with Gasteiger partial charge in [0.15, 0.2) is 0 Å². The van der Waals surface area contributed by atoms with Crippen LogP contribution >= 0.6 is 15.9 Å². The summed E-state index contributed by atoms with van der Waals surface area (Å²) in [5.74, 6) is -0.673. The van der Waals surface area contributed by atoms with E-state index in [4.69, 9.17) is 0 Å². The van der Waals surface area contributed by atoms with E-state index in [1.807, 2.05) is 49.4 Å². The molecule has 0 aromatic heterocycles. The number of imide groups is 1. The van der Waals surface area contributed by atoms with Crippen molar-refractivity contribution in [3.8, 4) is 0 Å². The number of rotatable bonds is 2. The van der Waals surface area contributed by atoms with Crippen LogP contribution in [0.4, 0.5) is 5.69 Å². The predicted octanol–water partition coefficient (Wildman–Crippen LogP) is 3.80. The monoisotopic (exact) mass is 343 g/mol. The largest absolute Gasteiger partial charge is 0.274 e. The van der Waals surface area contributed by atoms with E-state index in [0.29, 0.717) is 5.69 Å². The standard InChI is InChI=1S/C17H14BrNO2/c1-11-7-13(18)9-14(8-11)19-16(20)10-15(17(19)21)12-5-3-2-4-6-12/h2-9,15H,10H2,1H3. The Morgan fingerprint density at radius 1 is 1.10 bits per heavy atom. The number of hydrogen-bond donors (Lipinski definition) is 0. The van der Waals surface area contributed by atoms with Crippen molar-refractivity contribution in [2.75, 3.05) is 4.90 Å². The van der Waals surface area contributed by atoms with Crippen molar-refractivity contribution < 1.29 is 9.59 Å². The third-order valence-electron chi connectivity index (χ3n) is 3.63. The fourth-order valence-electron chi connectivity index (χ4n) is 2.70. The first-order valence-electron chi connectivity index (χ1n) is 6.75. The fraction of sp³-hybridized carbons (Fsp3) is 0.176. The Labute approximate surface area is 131 Å². The van der Waals surface area contributed by atoms with E-state index >= 15 is 0 Å². The van der Waals surface area contributed by atoms with Gasteiger partial charge in [-0.3, -0.25) is 9.59 Å². The van der Waals surface area contributed by atoms with Crippen LogP contribution in [0, 0.1) is 6.92 Å². The average molecular weight is 344 g/mol. The molecule has 0 spiro atoms. The number of aryl methyl sites for hydroxylation is 1. The molecule has 0 saturated carbocycles. The molecule has 2 aromatic rings. The van der Waals surface area contributed by atoms with Gasteiger partial charge in [0, 0.05) is 10.9 Å². The van der Waals surface area contributed by atoms with Crippen molar-refractivity contribution in [1.29, 1.82) is 0 Å². The molecule has 1 fully saturated rings. The molecular weight excluding hydrogens is 330 g/mol. The SMILES string of the molecule is Cc1cc(Br)cc(N2C(=O)CC(c3ccccc3)C2=O)c1. The molecule has 0 bridgehead atoms. The highest BCUT2D eigenvalue weighted by molar-refractivity contribution is 9.10. The minimum absolute atomic E-state index is 0.147. The molecule has 1 heterocycles. The third kappa shape index (κ3) is 2.63. The highest BCUT2D eigenvalue weighted by Crippen LogP contribution is 2.34. The average Bonchev–Trinajstić information content (AvgIpc) is 2.74.